The minimum Gasteiger partial charge on any atom is -0.508 e. The number of rotatable bonds is 5. The quantitative estimate of drug-likeness (QED) is 0.851. The van der Waals surface area contributed by atoms with E-state index in [0.717, 1.165) is 37.8 Å². The second-order valence-corrected chi connectivity index (χ2v) is 7.68. The van der Waals surface area contributed by atoms with Gasteiger partial charge in [-0.15, -0.1) is 0 Å². The lowest BCUT2D eigenvalue weighted by Gasteiger charge is -2.31. The number of aromatic hydroxyl groups is 1. The van der Waals surface area contributed by atoms with Gasteiger partial charge in [-0.3, -0.25) is 4.79 Å². The molecule has 1 fully saturated rings. The maximum atomic E-state index is 12.9. The second-order valence-electron chi connectivity index (χ2n) is 7.68. The Bertz CT molecular complexity index is 813. The third kappa shape index (κ3) is 4.07. The molecule has 4 rings (SSSR count). The number of carbonyl (C=O) groups excluding carboxylic acids is 1. The third-order valence-corrected chi connectivity index (χ3v) is 5.72. The van der Waals surface area contributed by atoms with Crippen LogP contribution in [-0.2, 0) is 6.54 Å². The number of hydrogen-bond acceptors (Lipinski definition) is 3. The van der Waals surface area contributed by atoms with Crippen LogP contribution in [0.2, 0.25) is 0 Å². The summed E-state index contributed by atoms with van der Waals surface area (Å²) in [5, 5.41) is 9.60. The van der Waals surface area contributed by atoms with E-state index in [-0.39, 0.29) is 17.5 Å². The van der Waals surface area contributed by atoms with Gasteiger partial charge >= 0.3 is 0 Å². The predicted molar refractivity (Wildman–Crippen MR) is 100 cm³/mol. The molecule has 2 aliphatic rings. The summed E-state index contributed by atoms with van der Waals surface area (Å²) >= 11 is 0. The normalized spacial score (nSPS) is 22.0. The summed E-state index contributed by atoms with van der Waals surface area (Å²) in [5.41, 5.74) is 1.63. The Morgan fingerprint density at radius 2 is 1.74 bits per heavy atom. The van der Waals surface area contributed by atoms with Crippen molar-refractivity contribution in [2.75, 3.05) is 13.2 Å². The molecular weight excluding hydrogens is 345 g/mol. The van der Waals surface area contributed by atoms with Gasteiger partial charge in [0.25, 0.3) is 5.91 Å². The van der Waals surface area contributed by atoms with Crippen molar-refractivity contribution >= 4 is 5.91 Å². The molecule has 0 saturated heterocycles. The lowest BCUT2D eigenvalue weighted by Crippen LogP contribution is -2.32. The van der Waals surface area contributed by atoms with Gasteiger partial charge in [-0.05, 0) is 79.5 Å². The summed E-state index contributed by atoms with van der Waals surface area (Å²) < 4.78 is 18.7. The fourth-order valence-corrected chi connectivity index (χ4v) is 4.13. The molecule has 2 aromatic rings. The maximum Gasteiger partial charge on any atom is 0.254 e. The van der Waals surface area contributed by atoms with Crippen LogP contribution in [0.25, 0.3) is 0 Å². The van der Waals surface area contributed by atoms with Crippen molar-refractivity contribution in [1.82, 2.24) is 4.90 Å². The number of halogens is 1. The Morgan fingerprint density at radius 3 is 2.48 bits per heavy atom. The molecule has 4 nitrogen and oxygen atoms in total. The van der Waals surface area contributed by atoms with E-state index in [1.165, 1.54) is 12.1 Å². The van der Waals surface area contributed by atoms with E-state index in [4.69, 9.17) is 4.74 Å². The first-order valence-corrected chi connectivity index (χ1v) is 9.58. The first-order valence-electron chi connectivity index (χ1n) is 9.58. The molecule has 0 bridgehead atoms. The smallest absolute Gasteiger partial charge is 0.254 e. The lowest BCUT2D eigenvalue weighted by atomic mass is 9.82. The summed E-state index contributed by atoms with van der Waals surface area (Å²) in [5.74, 6) is 1.65. The van der Waals surface area contributed by atoms with E-state index in [1.54, 1.807) is 24.3 Å². The highest BCUT2D eigenvalue weighted by Crippen LogP contribution is 2.33. The minimum atomic E-state index is -0.253. The molecule has 0 spiro atoms. The van der Waals surface area contributed by atoms with Gasteiger partial charge in [0.2, 0.25) is 0 Å². The summed E-state index contributed by atoms with van der Waals surface area (Å²) in [4.78, 5) is 14.4. The fourth-order valence-electron chi connectivity index (χ4n) is 4.13. The van der Waals surface area contributed by atoms with Crippen molar-refractivity contribution in [2.45, 2.75) is 32.2 Å². The zero-order valence-electron chi connectivity index (χ0n) is 15.2. The molecule has 27 heavy (non-hydrogen) atoms. The lowest BCUT2D eigenvalue weighted by molar-refractivity contribution is 0.0721. The zero-order chi connectivity index (χ0) is 18.8. The molecule has 0 aromatic heterocycles. The average molecular weight is 369 g/mol. The van der Waals surface area contributed by atoms with E-state index >= 15 is 0 Å². The van der Waals surface area contributed by atoms with Gasteiger partial charge < -0.3 is 14.7 Å². The van der Waals surface area contributed by atoms with E-state index in [0.29, 0.717) is 36.3 Å². The molecule has 5 heteroatoms. The molecule has 0 atom stereocenters. The molecule has 2 aromatic carbocycles. The number of phenolic OH excluding ortho intramolecular Hbond substituents is 1. The van der Waals surface area contributed by atoms with Gasteiger partial charge in [0.15, 0.2) is 0 Å². The molecular formula is C22H24FNO3. The van der Waals surface area contributed by atoms with E-state index in [1.807, 2.05) is 11.0 Å². The van der Waals surface area contributed by atoms with E-state index in [9.17, 15) is 14.3 Å². The van der Waals surface area contributed by atoms with Gasteiger partial charge in [-0.25, -0.2) is 4.39 Å². The third-order valence-electron chi connectivity index (χ3n) is 5.72. The van der Waals surface area contributed by atoms with Crippen molar-refractivity contribution in [2.24, 2.45) is 11.8 Å². The van der Waals surface area contributed by atoms with Crippen LogP contribution in [0.3, 0.4) is 0 Å². The number of benzene rings is 2. The fraction of sp³-hybridized carbons (Fsp3) is 0.409. The number of phenols is 1. The number of carbonyl (C=O) groups is 1. The van der Waals surface area contributed by atoms with Crippen molar-refractivity contribution in [3.05, 3.63) is 59.4 Å². The van der Waals surface area contributed by atoms with Gasteiger partial charge in [-0.1, -0.05) is 6.07 Å². The first-order chi connectivity index (χ1) is 13.1. The molecule has 1 aliphatic heterocycles. The summed E-state index contributed by atoms with van der Waals surface area (Å²) in [6, 6.07) is 11.2. The van der Waals surface area contributed by atoms with E-state index < -0.39 is 0 Å². The number of hydrogen-bond donors (Lipinski definition) is 1. The summed E-state index contributed by atoms with van der Waals surface area (Å²) in [7, 11) is 0. The van der Waals surface area contributed by atoms with Crippen LogP contribution >= 0.6 is 0 Å². The van der Waals surface area contributed by atoms with Gasteiger partial charge in [0.05, 0.1) is 6.61 Å². The molecule has 1 heterocycles. The number of ether oxygens (including phenoxy) is 1. The Kier molecular flexibility index (Phi) is 5.01. The standard InChI is InChI=1S/C22H24FNO3/c23-18-6-9-20(10-7-18)27-14-16-3-1-15(2-4-16)12-24-13-17-5-8-19(25)11-21(17)22(24)26/h5-11,15-16,25H,1-4,12-14H2/t15-,16-. The molecule has 0 radical (unpaired) electrons. The highest BCUT2D eigenvalue weighted by molar-refractivity contribution is 5.98. The average Bonchev–Trinajstić information content (AvgIpc) is 2.98. The maximum absolute atomic E-state index is 12.9. The number of nitrogens with zero attached hydrogens (tertiary/aromatic N) is 1. The van der Waals surface area contributed by atoms with Crippen molar-refractivity contribution in [3.63, 3.8) is 0 Å². The highest BCUT2D eigenvalue weighted by Gasteiger charge is 2.31. The Labute approximate surface area is 158 Å². The topological polar surface area (TPSA) is 49.8 Å². The second kappa shape index (κ2) is 7.59. The summed E-state index contributed by atoms with van der Waals surface area (Å²) in [6.45, 7) is 2.08. The Morgan fingerprint density at radius 1 is 1.04 bits per heavy atom. The minimum absolute atomic E-state index is 0.0302. The molecule has 1 saturated carbocycles. The van der Waals surface area contributed by atoms with Crippen LogP contribution in [-0.4, -0.2) is 29.1 Å². The molecule has 0 unspecified atom stereocenters. The van der Waals surface area contributed by atoms with Crippen LogP contribution < -0.4 is 4.74 Å². The molecule has 142 valence electrons. The largest absolute Gasteiger partial charge is 0.508 e. The van der Waals surface area contributed by atoms with E-state index in [2.05, 4.69) is 0 Å². The van der Waals surface area contributed by atoms with Crippen LogP contribution in [0, 0.1) is 17.7 Å². The SMILES string of the molecule is O=C1c2cc(O)ccc2CN1C[C@H]1CC[C@H](COc2ccc(F)cc2)CC1. The van der Waals surface area contributed by atoms with Crippen LogP contribution in [0.4, 0.5) is 4.39 Å². The number of fused-ring (bicyclic) bond motifs is 1. The summed E-state index contributed by atoms with van der Waals surface area (Å²) in [6.07, 6.45) is 4.34. The monoisotopic (exact) mass is 369 g/mol. The van der Waals surface area contributed by atoms with Crippen LogP contribution in [0.15, 0.2) is 42.5 Å². The van der Waals surface area contributed by atoms with Crippen molar-refractivity contribution in [3.8, 4) is 11.5 Å². The first kappa shape index (κ1) is 17.8. The van der Waals surface area contributed by atoms with Gasteiger partial charge in [0, 0.05) is 18.7 Å². The molecule has 1 N–H and O–H groups in total. The number of amides is 1. The molecule has 1 aliphatic carbocycles. The zero-order valence-corrected chi connectivity index (χ0v) is 15.2. The molecule has 1 amide bonds. The predicted octanol–water partition coefficient (Wildman–Crippen LogP) is 4.37. The highest BCUT2D eigenvalue weighted by atomic mass is 19.1. The van der Waals surface area contributed by atoms with Crippen molar-refractivity contribution in [1.29, 1.82) is 0 Å². The van der Waals surface area contributed by atoms with Gasteiger partial charge in [-0.2, -0.15) is 0 Å². The van der Waals surface area contributed by atoms with Crippen LogP contribution in [0.1, 0.15) is 41.6 Å². The Balaban J connectivity index is 1.24. The van der Waals surface area contributed by atoms with Crippen LogP contribution in [0.5, 0.6) is 11.5 Å². The Hall–Kier alpha value is -2.56. The van der Waals surface area contributed by atoms with Gasteiger partial charge in [0.1, 0.15) is 17.3 Å². The van der Waals surface area contributed by atoms with Crippen molar-refractivity contribution < 1.29 is 19.0 Å².